The molecular formula is C18H26N2O2. The number of rotatable bonds is 4. The number of aryl methyl sites for hydroxylation is 2. The summed E-state index contributed by atoms with van der Waals surface area (Å²) >= 11 is 0. The first-order valence-electron chi connectivity index (χ1n) is 8.34. The van der Waals surface area contributed by atoms with E-state index in [1.165, 1.54) is 16.8 Å². The van der Waals surface area contributed by atoms with Gasteiger partial charge in [0.05, 0.1) is 12.5 Å². The number of hydrogen-bond acceptors (Lipinski definition) is 4. The van der Waals surface area contributed by atoms with E-state index in [9.17, 15) is 4.79 Å². The topological polar surface area (TPSA) is 32.8 Å². The van der Waals surface area contributed by atoms with Gasteiger partial charge in [0.25, 0.3) is 0 Å². The van der Waals surface area contributed by atoms with Crippen LogP contribution < -0.4 is 4.90 Å². The van der Waals surface area contributed by atoms with Crippen molar-refractivity contribution in [1.29, 1.82) is 0 Å². The lowest BCUT2D eigenvalue weighted by molar-refractivity contribution is -0.141. The van der Waals surface area contributed by atoms with Crippen LogP contribution in [0, 0.1) is 19.8 Å². The highest BCUT2D eigenvalue weighted by molar-refractivity contribution is 5.74. The molecule has 0 spiro atoms. The Kier molecular flexibility index (Phi) is 4.67. The molecule has 22 heavy (non-hydrogen) atoms. The van der Waals surface area contributed by atoms with Crippen LogP contribution in [0.5, 0.6) is 0 Å². The van der Waals surface area contributed by atoms with E-state index in [1.807, 2.05) is 0 Å². The molecule has 0 bridgehead atoms. The maximum atomic E-state index is 11.5. The summed E-state index contributed by atoms with van der Waals surface area (Å²) in [7, 11) is 0. The van der Waals surface area contributed by atoms with Gasteiger partial charge in [0.1, 0.15) is 0 Å². The third-order valence-electron chi connectivity index (χ3n) is 4.90. The maximum absolute atomic E-state index is 11.5. The summed E-state index contributed by atoms with van der Waals surface area (Å²) in [5, 5.41) is 0. The molecule has 1 atom stereocenters. The highest BCUT2D eigenvalue weighted by Crippen LogP contribution is 2.23. The van der Waals surface area contributed by atoms with Gasteiger partial charge in [-0.05, 0) is 44.9 Å². The zero-order valence-electron chi connectivity index (χ0n) is 13.7. The molecule has 2 heterocycles. The van der Waals surface area contributed by atoms with Gasteiger partial charge in [0.15, 0.2) is 0 Å². The van der Waals surface area contributed by atoms with Crippen LogP contribution in [0.15, 0.2) is 18.2 Å². The summed E-state index contributed by atoms with van der Waals surface area (Å²) in [6.45, 7) is 10.3. The molecular weight excluding hydrogens is 276 g/mol. The Hall–Kier alpha value is -1.55. The lowest BCUT2D eigenvalue weighted by Crippen LogP contribution is -2.47. The van der Waals surface area contributed by atoms with Crippen LogP contribution >= 0.6 is 0 Å². The minimum Gasteiger partial charge on any atom is -0.465 e. The summed E-state index contributed by atoms with van der Waals surface area (Å²) in [5.41, 5.74) is 4.05. The second-order valence-corrected chi connectivity index (χ2v) is 6.56. The van der Waals surface area contributed by atoms with Crippen molar-refractivity contribution in [3.63, 3.8) is 0 Å². The number of cyclic esters (lactones) is 1. The Morgan fingerprint density at radius 1 is 1.18 bits per heavy atom. The molecule has 0 aromatic heterocycles. The number of piperazine rings is 1. The van der Waals surface area contributed by atoms with Crippen LogP contribution in [-0.4, -0.2) is 50.2 Å². The monoisotopic (exact) mass is 302 g/mol. The molecule has 1 aromatic rings. The average Bonchev–Trinajstić information content (AvgIpc) is 2.91. The Bertz CT molecular complexity index is 536. The van der Waals surface area contributed by atoms with Crippen molar-refractivity contribution >= 4 is 11.7 Å². The summed E-state index contributed by atoms with van der Waals surface area (Å²) < 4.78 is 5.04. The van der Waals surface area contributed by atoms with E-state index in [0.717, 1.165) is 45.6 Å². The van der Waals surface area contributed by atoms with Crippen LogP contribution in [0.2, 0.25) is 0 Å². The zero-order valence-corrected chi connectivity index (χ0v) is 13.7. The van der Waals surface area contributed by atoms with E-state index in [0.29, 0.717) is 6.61 Å². The number of benzene rings is 1. The van der Waals surface area contributed by atoms with Crippen molar-refractivity contribution in [3.05, 3.63) is 29.3 Å². The van der Waals surface area contributed by atoms with Gasteiger partial charge in [-0.2, -0.15) is 0 Å². The number of hydrogen-bond donors (Lipinski definition) is 0. The maximum Gasteiger partial charge on any atom is 0.309 e. The molecule has 0 aliphatic carbocycles. The Balaban J connectivity index is 1.48. The van der Waals surface area contributed by atoms with Gasteiger partial charge in [0, 0.05) is 31.9 Å². The summed E-state index contributed by atoms with van der Waals surface area (Å²) in [5.74, 6) is 0.145. The Morgan fingerprint density at radius 2 is 1.95 bits per heavy atom. The molecule has 2 saturated heterocycles. The van der Waals surface area contributed by atoms with Crippen LogP contribution in [-0.2, 0) is 9.53 Å². The average molecular weight is 302 g/mol. The third kappa shape index (κ3) is 3.43. The van der Waals surface area contributed by atoms with Gasteiger partial charge in [-0.25, -0.2) is 0 Å². The van der Waals surface area contributed by atoms with E-state index in [-0.39, 0.29) is 11.9 Å². The number of ether oxygens (including phenoxy) is 1. The molecule has 4 heteroatoms. The standard InChI is InChI=1S/C18H26N2O2/c1-14-3-4-17(15(2)13-14)20-10-8-19(9-11-20)7-5-16-6-12-22-18(16)21/h3-4,13,16H,5-12H2,1-2H3. The second-order valence-electron chi connectivity index (χ2n) is 6.56. The Morgan fingerprint density at radius 3 is 2.59 bits per heavy atom. The van der Waals surface area contributed by atoms with E-state index in [1.54, 1.807) is 0 Å². The van der Waals surface area contributed by atoms with Crippen molar-refractivity contribution in [1.82, 2.24) is 4.90 Å². The van der Waals surface area contributed by atoms with Gasteiger partial charge < -0.3 is 9.64 Å². The van der Waals surface area contributed by atoms with Gasteiger partial charge in [0.2, 0.25) is 0 Å². The molecule has 1 aromatic carbocycles. The minimum absolute atomic E-state index is 0.00826. The van der Waals surface area contributed by atoms with E-state index >= 15 is 0 Å². The molecule has 120 valence electrons. The first-order chi connectivity index (χ1) is 10.6. The first kappa shape index (κ1) is 15.3. The predicted octanol–water partition coefficient (Wildman–Crippen LogP) is 2.38. The number of carbonyl (C=O) groups is 1. The fraction of sp³-hybridized carbons (Fsp3) is 0.611. The predicted molar refractivity (Wildman–Crippen MR) is 88.3 cm³/mol. The third-order valence-corrected chi connectivity index (χ3v) is 4.90. The van der Waals surface area contributed by atoms with Crippen LogP contribution in [0.4, 0.5) is 5.69 Å². The van der Waals surface area contributed by atoms with Crippen LogP contribution in [0.3, 0.4) is 0 Å². The molecule has 2 aliphatic rings. The molecule has 3 rings (SSSR count). The number of anilines is 1. The Labute approximate surface area is 133 Å². The van der Waals surface area contributed by atoms with Crippen molar-refractivity contribution in [2.75, 3.05) is 44.2 Å². The quantitative estimate of drug-likeness (QED) is 0.800. The first-order valence-corrected chi connectivity index (χ1v) is 8.34. The van der Waals surface area contributed by atoms with Crippen molar-refractivity contribution in [3.8, 4) is 0 Å². The summed E-state index contributed by atoms with van der Waals surface area (Å²) in [4.78, 5) is 16.5. The molecule has 4 nitrogen and oxygen atoms in total. The molecule has 0 amide bonds. The molecule has 0 N–H and O–H groups in total. The highest BCUT2D eigenvalue weighted by Gasteiger charge is 2.27. The van der Waals surface area contributed by atoms with Crippen molar-refractivity contribution < 1.29 is 9.53 Å². The lowest BCUT2D eigenvalue weighted by atomic mass is 10.0. The van der Waals surface area contributed by atoms with Crippen molar-refractivity contribution in [2.24, 2.45) is 5.92 Å². The fourth-order valence-corrected chi connectivity index (χ4v) is 3.51. The molecule has 0 saturated carbocycles. The van der Waals surface area contributed by atoms with Gasteiger partial charge in [-0.3, -0.25) is 9.69 Å². The molecule has 0 radical (unpaired) electrons. The lowest BCUT2D eigenvalue weighted by Gasteiger charge is -2.37. The smallest absolute Gasteiger partial charge is 0.309 e. The zero-order chi connectivity index (χ0) is 15.5. The van der Waals surface area contributed by atoms with Gasteiger partial charge in [-0.15, -0.1) is 0 Å². The van der Waals surface area contributed by atoms with E-state index in [4.69, 9.17) is 4.74 Å². The largest absolute Gasteiger partial charge is 0.465 e. The highest BCUT2D eigenvalue weighted by atomic mass is 16.5. The summed E-state index contributed by atoms with van der Waals surface area (Å²) in [6.07, 6.45) is 1.85. The number of nitrogens with zero attached hydrogens (tertiary/aromatic N) is 2. The second kappa shape index (κ2) is 6.69. The number of esters is 1. The van der Waals surface area contributed by atoms with Gasteiger partial charge in [-0.1, -0.05) is 17.7 Å². The minimum atomic E-state index is 0.00826. The van der Waals surface area contributed by atoms with Gasteiger partial charge >= 0.3 is 5.97 Å². The van der Waals surface area contributed by atoms with Crippen LogP contribution in [0.25, 0.3) is 0 Å². The van der Waals surface area contributed by atoms with E-state index in [2.05, 4.69) is 41.8 Å². The van der Waals surface area contributed by atoms with Crippen LogP contribution in [0.1, 0.15) is 24.0 Å². The SMILES string of the molecule is Cc1ccc(N2CCN(CCC3CCOC3=O)CC2)c(C)c1. The fourth-order valence-electron chi connectivity index (χ4n) is 3.51. The number of carbonyl (C=O) groups excluding carboxylic acids is 1. The van der Waals surface area contributed by atoms with E-state index < -0.39 is 0 Å². The molecule has 1 unspecified atom stereocenters. The molecule has 2 fully saturated rings. The summed E-state index contributed by atoms with van der Waals surface area (Å²) in [6, 6.07) is 6.70. The normalized spacial score (nSPS) is 22.9. The molecule has 2 aliphatic heterocycles. The van der Waals surface area contributed by atoms with Crippen molar-refractivity contribution in [2.45, 2.75) is 26.7 Å².